The highest BCUT2D eigenvalue weighted by Crippen LogP contribution is 2.28. The maximum absolute atomic E-state index is 13.1. The standard InChI is InChI=1S/C21H20FN3O3S/c1-3-12-24-18(13-19(26)23-15-6-4-14(22)5-7-15)20(27)25(21(24)29)16-8-10-17(28-2)11-9-16/h3-11,18H,1,12-13H2,2H3,(H,23,26)/t18-/m1/s1. The van der Waals surface area contributed by atoms with E-state index in [-0.39, 0.29) is 18.2 Å². The molecule has 8 heteroatoms. The van der Waals surface area contributed by atoms with Gasteiger partial charge in [-0.15, -0.1) is 6.58 Å². The molecule has 0 saturated carbocycles. The van der Waals surface area contributed by atoms with Crippen molar-refractivity contribution in [2.75, 3.05) is 23.9 Å². The van der Waals surface area contributed by atoms with Gasteiger partial charge in [-0.3, -0.25) is 14.5 Å². The molecular formula is C21H20FN3O3S. The van der Waals surface area contributed by atoms with Gasteiger partial charge < -0.3 is 15.0 Å². The molecule has 1 aliphatic rings. The fourth-order valence-corrected chi connectivity index (χ4v) is 3.47. The average Bonchev–Trinajstić information content (AvgIpc) is 2.94. The third kappa shape index (κ3) is 4.43. The summed E-state index contributed by atoms with van der Waals surface area (Å²) >= 11 is 5.50. The van der Waals surface area contributed by atoms with Gasteiger partial charge in [0.1, 0.15) is 17.6 Å². The first kappa shape index (κ1) is 20.5. The number of nitrogens with zero attached hydrogens (tertiary/aromatic N) is 2. The first-order valence-corrected chi connectivity index (χ1v) is 9.30. The van der Waals surface area contributed by atoms with Gasteiger partial charge in [0.25, 0.3) is 5.91 Å². The van der Waals surface area contributed by atoms with Crippen LogP contribution in [0.2, 0.25) is 0 Å². The molecule has 1 fully saturated rings. The van der Waals surface area contributed by atoms with E-state index in [1.807, 2.05) is 0 Å². The molecule has 29 heavy (non-hydrogen) atoms. The Hall–Kier alpha value is -3.26. The first-order valence-electron chi connectivity index (χ1n) is 8.89. The van der Waals surface area contributed by atoms with Crippen LogP contribution in [0.1, 0.15) is 6.42 Å². The minimum absolute atomic E-state index is 0.100. The Kier molecular flexibility index (Phi) is 6.23. The molecule has 1 atom stereocenters. The van der Waals surface area contributed by atoms with Gasteiger partial charge in [-0.2, -0.15) is 0 Å². The summed E-state index contributed by atoms with van der Waals surface area (Å²) in [7, 11) is 1.56. The summed E-state index contributed by atoms with van der Waals surface area (Å²) in [6.45, 7) is 4.04. The SMILES string of the molecule is C=CCN1C(=S)N(c2ccc(OC)cc2)C(=O)[C@H]1CC(=O)Nc1ccc(F)cc1. The molecule has 1 saturated heterocycles. The molecule has 1 aliphatic heterocycles. The van der Waals surface area contributed by atoms with Crippen molar-refractivity contribution in [2.24, 2.45) is 0 Å². The van der Waals surface area contributed by atoms with E-state index in [1.54, 1.807) is 42.4 Å². The number of hydrogen-bond acceptors (Lipinski definition) is 4. The van der Waals surface area contributed by atoms with Crippen LogP contribution < -0.4 is 15.0 Å². The summed E-state index contributed by atoms with van der Waals surface area (Å²) in [5, 5.41) is 2.98. The number of halogens is 1. The Labute approximate surface area is 173 Å². The molecule has 0 aliphatic carbocycles. The Balaban J connectivity index is 1.79. The second-order valence-electron chi connectivity index (χ2n) is 6.37. The quantitative estimate of drug-likeness (QED) is 0.557. The number of ether oxygens (including phenoxy) is 1. The monoisotopic (exact) mass is 413 g/mol. The molecule has 1 N–H and O–H groups in total. The zero-order valence-electron chi connectivity index (χ0n) is 15.8. The van der Waals surface area contributed by atoms with Crippen molar-refractivity contribution in [1.82, 2.24) is 4.90 Å². The van der Waals surface area contributed by atoms with Crippen molar-refractivity contribution in [2.45, 2.75) is 12.5 Å². The number of anilines is 2. The molecule has 1 heterocycles. The van der Waals surface area contributed by atoms with Crippen molar-refractivity contribution in [3.8, 4) is 5.75 Å². The van der Waals surface area contributed by atoms with Crippen molar-refractivity contribution >= 4 is 40.5 Å². The van der Waals surface area contributed by atoms with Gasteiger partial charge in [0, 0.05) is 12.2 Å². The number of rotatable bonds is 7. The minimum Gasteiger partial charge on any atom is -0.497 e. The van der Waals surface area contributed by atoms with E-state index >= 15 is 0 Å². The number of benzene rings is 2. The Bertz CT molecular complexity index is 931. The maximum atomic E-state index is 13.1. The molecule has 2 aromatic carbocycles. The summed E-state index contributed by atoms with van der Waals surface area (Å²) in [4.78, 5) is 28.7. The maximum Gasteiger partial charge on any atom is 0.256 e. The number of carbonyl (C=O) groups is 2. The first-order chi connectivity index (χ1) is 13.9. The van der Waals surface area contributed by atoms with Gasteiger partial charge in [0.05, 0.1) is 19.2 Å². The van der Waals surface area contributed by atoms with Crippen molar-refractivity contribution in [3.05, 3.63) is 67.0 Å². The van der Waals surface area contributed by atoms with E-state index < -0.39 is 11.9 Å². The van der Waals surface area contributed by atoms with Crippen LogP contribution in [0.3, 0.4) is 0 Å². The molecule has 0 radical (unpaired) electrons. The van der Waals surface area contributed by atoms with Crippen LogP contribution in [0, 0.1) is 5.82 Å². The van der Waals surface area contributed by atoms with Crippen LogP contribution in [-0.2, 0) is 9.59 Å². The highest BCUT2D eigenvalue weighted by molar-refractivity contribution is 7.80. The Morgan fingerprint density at radius 2 is 1.90 bits per heavy atom. The molecule has 2 aromatic rings. The summed E-state index contributed by atoms with van der Waals surface area (Å²) in [5.74, 6) is -0.407. The fraction of sp³-hybridized carbons (Fsp3) is 0.190. The van der Waals surface area contributed by atoms with Gasteiger partial charge in [-0.25, -0.2) is 4.39 Å². The lowest BCUT2D eigenvalue weighted by molar-refractivity contribution is -0.124. The van der Waals surface area contributed by atoms with Gasteiger partial charge in [0.15, 0.2) is 5.11 Å². The van der Waals surface area contributed by atoms with E-state index in [1.165, 1.54) is 29.2 Å². The molecule has 6 nitrogen and oxygen atoms in total. The van der Waals surface area contributed by atoms with Gasteiger partial charge in [-0.05, 0) is 60.7 Å². The van der Waals surface area contributed by atoms with E-state index in [0.717, 1.165) is 0 Å². The lowest BCUT2D eigenvalue weighted by Gasteiger charge is -2.22. The van der Waals surface area contributed by atoms with Crippen LogP contribution in [-0.4, -0.2) is 41.5 Å². The number of thiocarbonyl (C=S) groups is 1. The van der Waals surface area contributed by atoms with Gasteiger partial charge in [0.2, 0.25) is 5.91 Å². The third-order valence-electron chi connectivity index (χ3n) is 4.48. The van der Waals surface area contributed by atoms with Crippen LogP contribution in [0.5, 0.6) is 5.75 Å². The molecule has 3 rings (SSSR count). The molecule has 2 amide bonds. The average molecular weight is 413 g/mol. The molecule has 0 aromatic heterocycles. The predicted molar refractivity (Wildman–Crippen MR) is 113 cm³/mol. The van der Waals surface area contributed by atoms with Crippen LogP contribution in [0.25, 0.3) is 0 Å². The van der Waals surface area contributed by atoms with E-state index in [9.17, 15) is 14.0 Å². The highest BCUT2D eigenvalue weighted by Gasteiger charge is 2.43. The second kappa shape index (κ2) is 8.83. The lowest BCUT2D eigenvalue weighted by atomic mass is 10.1. The van der Waals surface area contributed by atoms with Gasteiger partial charge >= 0.3 is 0 Å². The van der Waals surface area contributed by atoms with E-state index in [0.29, 0.717) is 28.8 Å². The molecule has 0 bridgehead atoms. The lowest BCUT2D eigenvalue weighted by Crippen LogP contribution is -2.37. The number of carbonyl (C=O) groups excluding carboxylic acids is 2. The highest BCUT2D eigenvalue weighted by atomic mass is 32.1. The zero-order chi connectivity index (χ0) is 21.0. The van der Waals surface area contributed by atoms with Crippen molar-refractivity contribution < 1.29 is 18.7 Å². The topological polar surface area (TPSA) is 61.9 Å². The fourth-order valence-electron chi connectivity index (χ4n) is 3.07. The second-order valence-corrected chi connectivity index (χ2v) is 6.74. The number of nitrogens with one attached hydrogen (secondary N) is 1. The van der Waals surface area contributed by atoms with Gasteiger partial charge in [-0.1, -0.05) is 6.08 Å². The summed E-state index contributed by atoms with van der Waals surface area (Å²) in [6.07, 6.45) is 1.53. The largest absolute Gasteiger partial charge is 0.497 e. The predicted octanol–water partition coefficient (Wildman–Crippen LogP) is 3.35. The number of methoxy groups -OCH3 is 1. The Morgan fingerprint density at radius 1 is 1.24 bits per heavy atom. The number of hydrogen-bond donors (Lipinski definition) is 1. The van der Waals surface area contributed by atoms with Crippen LogP contribution in [0.4, 0.5) is 15.8 Å². The smallest absolute Gasteiger partial charge is 0.256 e. The van der Waals surface area contributed by atoms with Crippen molar-refractivity contribution in [3.63, 3.8) is 0 Å². The summed E-state index contributed by atoms with van der Waals surface area (Å²) in [6, 6.07) is 11.6. The van der Waals surface area contributed by atoms with Crippen LogP contribution >= 0.6 is 12.2 Å². The minimum atomic E-state index is -0.761. The normalized spacial score (nSPS) is 16.1. The Morgan fingerprint density at radius 3 is 2.48 bits per heavy atom. The van der Waals surface area contributed by atoms with E-state index in [2.05, 4.69) is 11.9 Å². The summed E-state index contributed by atoms with van der Waals surface area (Å²) in [5.41, 5.74) is 1.04. The number of amides is 2. The zero-order valence-corrected chi connectivity index (χ0v) is 16.6. The summed E-state index contributed by atoms with van der Waals surface area (Å²) < 4.78 is 18.2. The third-order valence-corrected chi connectivity index (χ3v) is 4.90. The van der Waals surface area contributed by atoms with E-state index in [4.69, 9.17) is 17.0 Å². The molecule has 0 spiro atoms. The molecule has 150 valence electrons. The van der Waals surface area contributed by atoms with Crippen LogP contribution in [0.15, 0.2) is 61.2 Å². The molecular weight excluding hydrogens is 393 g/mol. The molecule has 0 unspecified atom stereocenters. The van der Waals surface area contributed by atoms with Crippen molar-refractivity contribution in [1.29, 1.82) is 0 Å².